The van der Waals surface area contributed by atoms with E-state index < -0.39 is 0 Å². The predicted octanol–water partition coefficient (Wildman–Crippen LogP) is 1.78. The van der Waals surface area contributed by atoms with E-state index >= 15 is 0 Å². The van der Waals surface area contributed by atoms with Crippen molar-refractivity contribution < 1.29 is 14.3 Å². The zero-order chi connectivity index (χ0) is 13.8. The standard InChI is InChI=1S/C14H13N3O3/c18-13(17-14-15-6-1-7-16-14)5-3-10-2-4-11-12(8-10)20-9-19-11/h1-2,4,6-8H,3,5,9H2,(H,15,16,17,18). The van der Waals surface area contributed by atoms with E-state index in [9.17, 15) is 4.79 Å². The highest BCUT2D eigenvalue weighted by atomic mass is 16.7. The summed E-state index contributed by atoms with van der Waals surface area (Å²) >= 11 is 0. The highest BCUT2D eigenvalue weighted by molar-refractivity contribution is 5.88. The number of amides is 1. The van der Waals surface area contributed by atoms with Crippen LogP contribution in [0.25, 0.3) is 0 Å². The van der Waals surface area contributed by atoms with Gasteiger partial charge in [-0.25, -0.2) is 9.97 Å². The topological polar surface area (TPSA) is 73.3 Å². The van der Waals surface area contributed by atoms with Gasteiger partial charge in [0.15, 0.2) is 11.5 Å². The largest absolute Gasteiger partial charge is 0.454 e. The molecule has 2 aromatic rings. The molecule has 0 unspecified atom stereocenters. The lowest BCUT2D eigenvalue weighted by Crippen LogP contribution is -2.14. The summed E-state index contributed by atoms with van der Waals surface area (Å²) in [5, 5.41) is 2.65. The first-order valence-corrected chi connectivity index (χ1v) is 6.27. The molecule has 102 valence electrons. The number of aryl methyl sites for hydroxylation is 1. The van der Waals surface area contributed by atoms with E-state index in [4.69, 9.17) is 9.47 Å². The van der Waals surface area contributed by atoms with Crippen molar-refractivity contribution in [2.24, 2.45) is 0 Å². The van der Waals surface area contributed by atoms with Crippen molar-refractivity contribution in [2.75, 3.05) is 12.1 Å². The van der Waals surface area contributed by atoms with Gasteiger partial charge in [0.25, 0.3) is 0 Å². The Labute approximate surface area is 115 Å². The first-order chi connectivity index (χ1) is 9.81. The maximum absolute atomic E-state index is 11.8. The van der Waals surface area contributed by atoms with Gasteiger partial charge in [-0.15, -0.1) is 0 Å². The average molecular weight is 271 g/mol. The molecule has 6 nitrogen and oxygen atoms in total. The summed E-state index contributed by atoms with van der Waals surface area (Å²) in [6, 6.07) is 7.38. The Morgan fingerprint density at radius 3 is 2.85 bits per heavy atom. The maximum atomic E-state index is 11.8. The third kappa shape index (κ3) is 2.85. The van der Waals surface area contributed by atoms with Crippen molar-refractivity contribution in [1.29, 1.82) is 0 Å². The summed E-state index contributed by atoms with van der Waals surface area (Å²) in [5.74, 6) is 1.68. The quantitative estimate of drug-likeness (QED) is 0.917. The second-order valence-electron chi connectivity index (χ2n) is 4.31. The summed E-state index contributed by atoms with van der Waals surface area (Å²) in [6.45, 7) is 0.255. The summed E-state index contributed by atoms with van der Waals surface area (Å²) in [4.78, 5) is 19.7. The van der Waals surface area contributed by atoms with Crippen LogP contribution in [0, 0.1) is 0 Å². The van der Waals surface area contributed by atoms with Crippen LogP contribution in [0.4, 0.5) is 5.95 Å². The Kier molecular flexibility index (Phi) is 3.45. The smallest absolute Gasteiger partial charge is 0.231 e. The Bertz CT molecular complexity index is 616. The van der Waals surface area contributed by atoms with E-state index in [0.29, 0.717) is 18.8 Å². The Morgan fingerprint density at radius 2 is 2.00 bits per heavy atom. The van der Waals surface area contributed by atoms with Crippen LogP contribution >= 0.6 is 0 Å². The van der Waals surface area contributed by atoms with Gasteiger partial charge in [0, 0.05) is 18.8 Å². The minimum Gasteiger partial charge on any atom is -0.454 e. The molecule has 1 amide bonds. The van der Waals surface area contributed by atoms with Gasteiger partial charge in [-0.1, -0.05) is 6.07 Å². The number of aromatic nitrogens is 2. The zero-order valence-corrected chi connectivity index (χ0v) is 10.7. The molecular weight excluding hydrogens is 258 g/mol. The lowest BCUT2D eigenvalue weighted by Gasteiger charge is -2.04. The third-order valence-electron chi connectivity index (χ3n) is 2.89. The number of fused-ring (bicyclic) bond motifs is 1. The summed E-state index contributed by atoms with van der Waals surface area (Å²) in [7, 11) is 0. The van der Waals surface area contributed by atoms with Gasteiger partial charge >= 0.3 is 0 Å². The van der Waals surface area contributed by atoms with Crippen molar-refractivity contribution in [2.45, 2.75) is 12.8 Å². The maximum Gasteiger partial charge on any atom is 0.231 e. The van der Waals surface area contributed by atoms with E-state index in [-0.39, 0.29) is 12.7 Å². The molecule has 0 fully saturated rings. The van der Waals surface area contributed by atoms with Crippen molar-refractivity contribution in [3.8, 4) is 11.5 Å². The Hall–Kier alpha value is -2.63. The number of anilines is 1. The normalized spacial score (nSPS) is 12.2. The molecule has 3 rings (SSSR count). The lowest BCUT2D eigenvalue weighted by molar-refractivity contribution is -0.116. The van der Waals surface area contributed by atoms with E-state index in [1.54, 1.807) is 18.5 Å². The summed E-state index contributed by atoms with van der Waals surface area (Å²) in [5.41, 5.74) is 1.03. The molecule has 0 atom stereocenters. The van der Waals surface area contributed by atoms with Crippen LogP contribution in [0.2, 0.25) is 0 Å². The molecule has 20 heavy (non-hydrogen) atoms. The molecule has 0 saturated heterocycles. The predicted molar refractivity (Wildman–Crippen MR) is 71.5 cm³/mol. The van der Waals surface area contributed by atoms with E-state index in [2.05, 4.69) is 15.3 Å². The highest BCUT2D eigenvalue weighted by Crippen LogP contribution is 2.32. The third-order valence-corrected chi connectivity index (χ3v) is 2.89. The molecule has 1 aliphatic heterocycles. The molecule has 0 aliphatic carbocycles. The lowest BCUT2D eigenvalue weighted by atomic mass is 10.1. The number of ether oxygens (including phenoxy) is 2. The van der Waals surface area contributed by atoms with Gasteiger partial charge in [-0.3, -0.25) is 10.1 Å². The molecule has 1 aromatic carbocycles. The number of hydrogen-bond acceptors (Lipinski definition) is 5. The SMILES string of the molecule is O=C(CCc1ccc2c(c1)OCO2)Nc1ncccn1. The van der Waals surface area contributed by atoms with E-state index in [1.807, 2.05) is 18.2 Å². The van der Waals surface area contributed by atoms with E-state index in [1.165, 1.54) is 0 Å². The second-order valence-corrected chi connectivity index (χ2v) is 4.31. The molecular formula is C14H13N3O3. The number of carbonyl (C=O) groups excluding carboxylic acids is 1. The van der Waals surface area contributed by atoms with Crippen LogP contribution in [0.15, 0.2) is 36.7 Å². The van der Waals surface area contributed by atoms with Crippen LogP contribution in [0.5, 0.6) is 11.5 Å². The Balaban J connectivity index is 1.55. The molecule has 6 heteroatoms. The van der Waals surface area contributed by atoms with Gasteiger partial charge in [0.2, 0.25) is 18.6 Å². The first-order valence-electron chi connectivity index (χ1n) is 6.27. The molecule has 0 spiro atoms. The van der Waals surface area contributed by atoms with Gasteiger partial charge in [-0.05, 0) is 30.2 Å². The van der Waals surface area contributed by atoms with Crippen molar-refractivity contribution in [3.63, 3.8) is 0 Å². The van der Waals surface area contributed by atoms with Crippen LogP contribution in [0.3, 0.4) is 0 Å². The van der Waals surface area contributed by atoms with Crippen LogP contribution in [0.1, 0.15) is 12.0 Å². The molecule has 1 aliphatic rings. The number of nitrogens with zero attached hydrogens (tertiary/aromatic N) is 2. The molecule has 2 heterocycles. The first kappa shape index (κ1) is 12.4. The van der Waals surface area contributed by atoms with Gasteiger partial charge in [0.1, 0.15) is 0 Å². The van der Waals surface area contributed by atoms with Crippen LogP contribution in [-0.2, 0) is 11.2 Å². The Morgan fingerprint density at radius 1 is 1.20 bits per heavy atom. The average Bonchev–Trinajstić information content (AvgIpc) is 2.93. The molecule has 0 radical (unpaired) electrons. The van der Waals surface area contributed by atoms with Gasteiger partial charge in [-0.2, -0.15) is 0 Å². The van der Waals surface area contributed by atoms with Crippen LogP contribution < -0.4 is 14.8 Å². The van der Waals surface area contributed by atoms with Gasteiger partial charge in [0.05, 0.1) is 0 Å². The minimum absolute atomic E-state index is 0.117. The molecule has 0 saturated carbocycles. The second kappa shape index (κ2) is 5.56. The summed E-state index contributed by atoms with van der Waals surface area (Å²) < 4.78 is 10.5. The molecule has 1 N–H and O–H groups in total. The molecule has 0 bridgehead atoms. The zero-order valence-electron chi connectivity index (χ0n) is 10.7. The highest BCUT2D eigenvalue weighted by Gasteiger charge is 2.13. The van der Waals surface area contributed by atoms with E-state index in [0.717, 1.165) is 17.1 Å². The number of rotatable bonds is 4. The fraction of sp³-hybridized carbons (Fsp3) is 0.214. The van der Waals surface area contributed by atoms with Crippen molar-refractivity contribution in [1.82, 2.24) is 9.97 Å². The number of carbonyl (C=O) groups is 1. The minimum atomic E-state index is -0.117. The summed E-state index contributed by atoms with van der Waals surface area (Å²) in [6.07, 6.45) is 4.15. The number of hydrogen-bond donors (Lipinski definition) is 1. The monoisotopic (exact) mass is 271 g/mol. The molecule has 1 aromatic heterocycles. The van der Waals surface area contributed by atoms with Crippen molar-refractivity contribution >= 4 is 11.9 Å². The number of nitrogens with one attached hydrogen (secondary N) is 1. The fourth-order valence-corrected chi connectivity index (χ4v) is 1.91. The van der Waals surface area contributed by atoms with Crippen molar-refractivity contribution in [3.05, 3.63) is 42.2 Å². The fourth-order valence-electron chi connectivity index (χ4n) is 1.91. The van der Waals surface area contributed by atoms with Gasteiger partial charge < -0.3 is 9.47 Å². The number of benzene rings is 1. The van der Waals surface area contributed by atoms with Crippen LogP contribution in [-0.4, -0.2) is 22.7 Å².